The van der Waals surface area contributed by atoms with Crippen molar-refractivity contribution < 1.29 is 9.53 Å². The van der Waals surface area contributed by atoms with Crippen LogP contribution in [0.25, 0.3) is 10.2 Å². The van der Waals surface area contributed by atoms with Gasteiger partial charge in [0.2, 0.25) is 5.91 Å². The van der Waals surface area contributed by atoms with Crippen LogP contribution in [0, 0.1) is 31.6 Å². The van der Waals surface area contributed by atoms with Crippen LogP contribution in [0.2, 0.25) is 0 Å². The number of ether oxygens (including phenoxy) is 1. The van der Waals surface area contributed by atoms with E-state index in [2.05, 4.69) is 5.32 Å². The van der Waals surface area contributed by atoms with E-state index >= 15 is 0 Å². The summed E-state index contributed by atoms with van der Waals surface area (Å²) in [6.07, 6.45) is 7.48. The van der Waals surface area contributed by atoms with Crippen molar-refractivity contribution in [2.75, 3.05) is 13.7 Å². The minimum atomic E-state index is -0.316. The molecule has 2 aromatic heterocycles. The zero-order valence-electron chi connectivity index (χ0n) is 19.4. The van der Waals surface area contributed by atoms with E-state index in [9.17, 15) is 9.59 Å². The Hall–Kier alpha value is -1.38. The van der Waals surface area contributed by atoms with Crippen LogP contribution >= 0.6 is 23.1 Å². The van der Waals surface area contributed by atoms with Crippen LogP contribution in [-0.4, -0.2) is 40.0 Å². The van der Waals surface area contributed by atoms with E-state index in [1.807, 2.05) is 20.8 Å². The third-order valence-corrected chi connectivity index (χ3v) is 10.0. The number of carbonyl (C=O) groups excluding carboxylic acids is 1. The number of nitrogens with zero attached hydrogens (tertiary/aromatic N) is 2. The molecule has 1 amide bonds. The van der Waals surface area contributed by atoms with Gasteiger partial charge < -0.3 is 10.1 Å². The van der Waals surface area contributed by atoms with Crippen LogP contribution in [0.3, 0.4) is 0 Å². The second-order valence-electron chi connectivity index (χ2n) is 10.3. The summed E-state index contributed by atoms with van der Waals surface area (Å²) in [6, 6.07) is 0. The highest BCUT2D eigenvalue weighted by Gasteiger charge is 2.51. The Bertz CT molecular complexity index is 1070. The molecule has 4 aliphatic rings. The third-order valence-electron chi connectivity index (χ3n) is 7.85. The first-order valence-electron chi connectivity index (χ1n) is 11.8. The van der Waals surface area contributed by atoms with Gasteiger partial charge in [-0.1, -0.05) is 11.8 Å². The fraction of sp³-hybridized carbons (Fsp3) is 0.708. The number of hydrogen-bond donors (Lipinski definition) is 1. The summed E-state index contributed by atoms with van der Waals surface area (Å²) in [5.74, 6) is 2.44. The molecular formula is C24H33N3O3S2. The number of methoxy groups -OCH3 is 1. The molecule has 0 saturated heterocycles. The van der Waals surface area contributed by atoms with Crippen molar-refractivity contribution >= 4 is 39.2 Å². The Morgan fingerprint density at radius 1 is 1.25 bits per heavy atom. The van der Waals surface area contributed by atoms with Crippen molar-refractivity contribution in [3.8, 4) is 0 Å². The number of aromatic nitrogens is 2. The number of hydrogen-bond acceptors (Lipinski definition) is 6. The number of aryl methyl sites for hydroxylation is 2. The number of nitrogens with one attached hydrogen (secondary N) is 1. The van der Waals surface area contributed by atoms with Crippen LogP contribution in [0.1, 0.15) is 55.9 Å². The highest BCUT2D eigenvalue weighted by molar-refractivity contribution is 8.00. The number of amides is 1. The van der Waals surface area contributed by atoms with Crippen molar-refractivity contribution in [3.05, 3.63) is 20.8 Å². The normalized spacial score (nSPS) is 29.6. The summed E-state index contributed by atoms with van der Waals surface area (Å²) < 4.78 is 6.93. The molecule has 4 bridgehead atoms. The molecule has 1 atom stereocenters. The minimum absolute atomic E-state index is 0.00424. The van der Waals surface area contributed by atoms with Gasteiger partial charge in [0, 0.05) is 17.5 Å². The van der Waals surface area contributed by atoms with Gasteiger partial charge in [-0.05, 0) is 82.6 Å². The minimum Gasteiger partial charge on any atom is -0.383 e. The molecule has 32 heavy (non-hydrogen) atoms. The van der Waals surface area contributed by atoms with E-state index in [-0.39, 0.29) is 22.3 Å². The SMILES string of the molecule is COCCn1c(S[C@@H](C)C(=O)NC23CC4CC(CC(C4)C2)C3)nc2sc(C)c(C)c2c1=O. The Labute approximate surface area is 197 Å². The molecule has 4 saturated carbocycles. The second kappa shape index (κ2) is 8.44. The van der Waals surface area contributed by atoms with E-state index in [4.69, 9.17) is 9.72 Å². The van der Waals surface area contributed by atoms with Crippen molar-refractivity contribution in [2.24, 2.45) is 17.8 Å². The van der Waals surface area contributed by atoms with Gasteiger partial charge in [0.25, 0.3) is 5.56 Å². The molecule has 0 spiro atoms. The Kier molecular flexibility index (Phi) is 5.91. The van der Waals surface area contributed by atoms with Crippen molar-refractivity contribution in [3.63, 3.8) is 0 Å². The Morgan fingerprint density at radius 2 is 1.88 bits per heavy atom. The third kappa shape index (κ3) is 3.92. The monoisotopic (exact) mass is 475 g/mol. The molecule has 174 valence electrons. The maximum absolute atomic E-state index is 13.3. The molecule has 0 unspecified atom stereocenters. The van der Waals surface area contributed by atoms with Crippen LogP contribution in [0.5, 0.6) is 0 Å². The summed E-state index contributed by atoms with van der Waals surface area (Å²) in [5, 5.41) is 4.46. The van der Waals surface area contributed by atoms with Crippen LogP contribution in [0.4, 0.5) is 0 Å². The quantitative estimate of drug-likeness (QED) is 0.478. The molecular weight excluding hydrogens is 442 g/mol. The summed E-state index contributed by atoms with van der Waals surface area (Å²) in [6.45, 7) is 6.79. The first kappa shape index (κ1) is 22.4. The topological polar surface area (TPSA) is 73.2 Å². The fourth-order valence-corrected chi connectivity index (χ4v) is 8.62. The van der Waals surface area contributed by atoms with E-state index in [0.29, 0.717) is 23.7 Å². The van der Waals surface area contributed by atoms with Crippen molar-refractivity contribution in [1.29, 1.82) is 0 Å². The smallest absolute Gasteiger partial charge is 0.263 e. The Balaban J connectivity index is 1.38. The standard InChI is InChI=1S/C24H33N3O3S2/c1-13-14(2)31-21-19(13)22(29)27(5-6-30-4)23(25-21)32-15(3)20(28)26-24-10-16-7-17(11-24)9-18(8-16)12-24/h15-18H,5-12H2,1-4H3,(H,26,28)/t15-,16?,17?,18?,24?/m0/s1. The van der Waals surface area contributed by atoms with Crippen LogP contribution in [0.15, 0.2) is 9.95 Å². The van der Waals surface area contributed by atoms with Crippen molar-refractivity contribution in [1.82, 2.24) is 14.9 Å². The van der Waals surface area contributed by atoms with E-state index in [0.717, 1.165) is 52.3 Å². The molecule has 2 aromatic rings. The zero-order chi connectivity index (χ0) is 22.6. The molecule has 6 nitrogen and oxygen atoms in total. The fourth-order valence-electron chi connectivity index (χ4n) is 6.62. The van der Waals surface area contributed by atoms with Crippen LogP contribution in [-0.2, 0) is 16.1 Å². The van der Waals surface area contributed by atoms with E-state index in [1.54, 1.807) is 23.0 Å². The van der Waals surface area contributed by atoms with Gasteiger partial charge in [-0.15, -0.1) is 11.3 Å². The molecule has 0 radical (unpaired) electrons. The van der Waals surface area contributed by atoms with Gasteiger partial charge in [0.1, 0.15) is 4.83 Å². The van der Waals surface area contributed by atoms with Gasteiger partial charge in [-0.2, -0.15) is 0 Å². The summed E-state index contributed by atoms with van der Waals surface area (Å²) in [7, 11) is 1.63. The molecule has 1 N–H and O–H groups in total. The number of rotatable bonds is 7. The molecule has 6 rings (SSSR count). The molecule has 4 aliphatic carbocycles. The van der Waals surface area contributed by atoms with Gasteiger partial charge >= 0.3 is 0 Å². The highest BCUT2D eigenvalue weighted by atomic mass is 32.2. The lowest BCUT2D eigenvalue weighted by atomic mass is 9.53. The number of thiophene rings is 1. The lowest BCUT2D eigenvalue weighted by Crippen LogP contribution is -2.60. The number of thioether (sulfide) groups is 1. The summed E-state index contributed by atoms with van der Waals surface area (Å²) in [5.41, 5.74) is 0.957. The number of carbonyl (C=O) groups is 1. The highest BCUT2D eigenvalue weighted by Crippen LogP contribution is 2.55. The van der Waals surface area contributed by atoms with Crippen LogP contribution < -0.4 is 10.9 Å². The first-order valence-corrected chi connectivity index (χ1v) is 13.5. The summed E-state index contributed by atoms with van der Waals surface area (Å²) in [4.78, 5) is 33.3. The molecule has 0 aliphatic heterocycles. The molecule has 4 fully saturated rings. The van der Waals surface area contributed by atoms with Gasteiger partial charge in [-0.3, -0.25) is 14.2 Å². The zero-order valence-corrected chi connectivity index (χ0v) is 21.0. The molecule has 8 heteroatoms. The number of fused-ring (bicyclic) bond motifs is 1. The van der Waals surface area contributed by atoms with Gasteiger partial charge in [0.15, 0.2) is 5.16 Å². The summed E-state index contributed by atoms with van der Waals surface area (Å²) >= 11 is 2.94. The second-order valence-corrected chi connectivity index (χ2v) is 12.8. The largest absolute Gasteiger partial charge is 0.383 e. The average Bonchev–Trinajstić information content (AvgIpc) is 3.00. The van der Waals surface area contributed by atoms with E-state index in [1.165, 1.54) is 31.0 Å². The predicted molar refractivity (Wildman–Crippen MR) is 130 cm³/mol. The molecule has 2 heterocycles. The van der Waals surface area contributed by atoms with Gasteiger partial charge in [0.05, 0.1) is 23.8 Å². The first-order chi connectivity index (χ1) is 15.3. The van der Waals surface area contributed by atoms with E-state index < -0.39 is 0 Å². The average molecular weight is 476 g/mol. The Morgan fingerprint density at radius 3 is 2.47 bits per heavy atom. The maximum Gasteiger partial charge on any atom is 0.263 e. The lowest BCUT2D eigenvalue weighted by Gasteiger charge is -2.57. The maximum atomic E-state index is 13.3. The lowest BCUT2D eigenvalue weighted by molar-refractivity contribution is -0.126. The molecule has 0 aromatic carbocycles. The van der Waals surface area contributed by atoms with Gasteiger partial charge in [-0.25, -0.2) is 4.98 Å². The predicted octanol–water partition coefficient (Wildman–Crippen LogP) is 4.29. The van der Waals surface area contributed by atoms with Crippen molar-refractivity contribution in [2.45, 2.75) is 81.8 Å².